The standard InChI is InChI=1S/C14H30N4O.3ClH/c1-5-17-6-8-18(9-7-17)12(4)10-16-14(19)13(15)11(2)3;;;/h11-13H,5-10,15H2,1-4H3,(H,16,19);3*1H/t12?,13-;;;/m0.../s1. The number of amides is 1. The van der Waals surface area contributed by atoms with Crippen molar-refractivity contribution in [2.75, 3.05) is 39.3 Å². The van der Waals surface area contributed by atoms with E-state index in [0.717, 1.165) is 32.7 Å². The summed E-state index contributed by atoms with van der Waals surface area (Å²) in [5.74, 6) is 0.150. The first kappa shape index (κ1) is 27.1. The summed E-state index contributed by atoms with van der Waals surface area (Å²) < 4.78 is 0. The minimum Gasteiger partial charge on any atom is -0.353 e. The van der Waals surface area contributed by atoms with Crippen molar-refractivity contribution >= 4 is 43.1 Å². The maximum Gasteiger partial charge on any atom is 0.237 e. The van der Waals surface area contributed by atoms with Crippen LogP contribution in [0.1, 0.15) is 27.7 Å². The maximum absolute atomic E-state index is 11.8. The van der Waals surface area contributed by atoms with Gasteiger partial charge in [-0.25, -0.2) is 0 Å². The molecule has 0 aromatic rings. The average molecular weight is 380 g/mol. The van der Waals surface area contributed by atoms with Crippen molar-refractivity contribution in [3.63, 3.8) is 0 Å². The Kier molecular flexibility index (Phi) is 16.8. The van der Waals surface area contributed by atoms with Gasteiger partial charge in [0, 0.05) is 38.8 Å². The first-order valence-corrected chi connectivity index (χ1v) is 7.45. The van der Waals surface area contributed by atoms with Crippen molar-refractivity contribution in [2.45, 2.75) is 39.8 Å². The van der Waals surface area contributed by atoms with Gasteiger partial charge in [-0.15, -0.1) is 37.2 Å². The van der Waals surface area contributed by atoms with Gasteiger partial charge in [-0.2, -0.15) is 0 Å². The van der Waals surface area contributed by atoms with Crippen LogP contribution in [0.5, 0.6) is 0 Å². The largest absolute Gasteiger partial charge is 0.353 e. The van der Waals surface area contributed by atoms with Crippen LogP contribution >= 0.6 is 37.2 Å². The molecule has 1 saturated heterocycles. The molecule has 1 aliphatic heterocycles. The van der Waals surface area contributed by atoms with E-state index in [0.29, 0.717) is 12.6 Å². The quantitative estimate of drug-likeness (QED) is 0.732. The molecule has 22 heavy (non-hydrogen) atoms. The molecule has 2 atom stereocenters. The molecule has 1 aliphatic rings. The number of nitrogens with two attached hydrogens (primary N) is 1. The fraction of sp³-hybridized carbons (Fsp3) is 0.929. The number of piperazine rings is 1. The predicted molar refractivity (Wildman–Crippen MR) is 101 cm³/mol. The topological polar surface area (TPSA) is 61.6 Å². The van der Waals surface area contributed by atoms with Gasteiger partial charge < -0.3 is 16.0 Å². The van der Waals surface area contributed by atoms with Gasteiger partial charge in [0.15, 0.2) is 0 Å². The van der Waals surface area contributed by atoms with Gasteiger partial charge >= 0.3 is 0 Å². The van der Waals surface area contributed by atoms with Crippen LogP contribution in [0.3, 0.4) is 0 Å². The molecular formula is C14H33Cl3N4O. The predicted octanol–water partition coefficient (Wildman–Crippen LogP) is 1.38. The van der Waals surface area contributed by atoms with Crippen molar-refractivity contribution in [3.05, 3.63) is 0 Å². The van der Waals surface area contributed by atoms with E-state index < -0.39 is 6.04 Å². The molecular weight excluding hydrogens is 347 g/mol. The number of nitrogens with zero attached hydrogens (tertiary/aromatic N) is 2. The molecule has 1 heterocycles. The van der Waals surface area contributed by atoms with Gasteiger partial charge in [-0.05, 0) is 19.4 Å². The highest BCUT2D eigenvalue weighted by molar-refractivity contribution is 5.86. The Bertz CT molecular complexity index is 287. The molecule has 0 aromatic heterocycles. The van der Waals surface area contributed by atoms with E-state index in [-0.39, 0.29) is 49.0 Å². The van der Waals surface area contributed by atoms with Crippen LogP contribution in [0.15, 0.2) is 0 Å². The van der Waals surface area contributed by atoms with Crippen molar-refractivity contribution in [1.82, 2.24) is 15.1 Å². The zero-order valence-corrected chi connectivity index (χ0v) is 16.5. The summed E-state index contributed by atoms with van der Waals surface area (Å²) in [5, 5.41) is 2.97. The van der Waals surface area contributed by atoms with Gasteiger partial charge in [-0.3, -0.25) is 9.69 Å². The third-order valence-corrected chi connectivity index (χ3v) is 4.07. The Labute approximate surface area is 154 Å². The zero-order chi connectivity index (χ0) is 14.4. The Morgan fingerprint density at radius 3 is 2.00 bits per heavy atom. The van der Waals surface area contributed by atoms with Crippen LogP contribution in [0.25, 0.3) is 0 Å². The SMILES string of the molecule is CCN1CCN(C(C)CNC(=O)[C@@H](N)C(C)C)CC1.Cl.Cl.Cl. The number of halogens is 3. The van der Waals surface area contributed by atoms with Crippen LogP contribution in [-0.2, 0) is 4.79 Å². The van der Waals surface area contributed by atoms with E-state index in [9.17, 15) is 4.79 Å². The number of likely N-dealkylation sites (N-methyl/N-ethyl adjacent to an activating group) is 1. The van der Waals surface area contributed by atoms with E-state index >= 15 is 0 Å². The number of carbonyl (C=O) groups excluding carboxylic acids is 1. The normalized spacial score (nSPS) is 18.5. The van der Waals surface area contributed by atoms with Crippen LogP contribution in [-0.4, -0.2) is 67.1 Å². The monoisotopic (exact) mass is 378 g/mol. The highest BCUT2D eigenvalue weighted by Crippen LogP contribution is 2.05. The van der Waals surface area contributed by atoms with Gasteiger partial charge in [0.1, 0.15) is 0 Å². The highest BCUT2D eigenvalue weighted by Gasteiger charge is 2.22. The fourth-order valence-corrected chi connectivity index (χ4v) is 2.32. The van der Waals surface area contributed by atoms with Crippen LogP contribution in [0, 0.1) is 5.92 Å². The van der Waals surface area contributed by atoms with E-state index in [2.05, 4.69) is 29.0 Å². The lowest BCUT2D eigenvalue weighted by molar-refractivity contribution is -0.123. The minimum atomic E-state index is -0.399. The second-order valence-electron chi connectivity index (χ2n) is 5.83. The van der Waals surface area contributed by atoms with Crippen LogP contribution in [0.2, 0.25) is 0 Å². The molecule has 1 amide bonds. The lowest BCUT2D eigenvalue weighted by atomic mass is 10.0. The van der Waals surface area contributed by atoms with Crippen molar-refractivity contribution < 1.29 is 4.79 Å². The fourth-order valence-electron chi connectivity index (χ4n) is 2.32. The van der Waals surface area contributed by atoms with Crippen LogP contribution in [0.4, 0.5) is 0 Å². The lowest BCUT2D eigenvalue weighted by Crippen LogP contribution is -2.53. The number of carbonyl (C=O) groups is 1. The van der Waals surface area contributed by atoms with Crippen molar-refractivity contribution in [1.29, 1.82) is 0 Å². The second kappa shape index (κ2) is 13.6. The molecule has 1 unspecified atom stereocenters. The van der Waals surface area contributed by atoms with E-state index in [1.54, 1.807) is 0 Å². The van der Waals surface area contributed by atoms with E-state index in [1.807, 2.05) is 13.8 Å². The van der Waals surface area contributed by atoms with Gasteiger partial charge in [0.05, 0.1) is 6.04 Å². The third kappa shape index (κ3) is 8.75. The maximum atomic E-state index is 11.8. The summed E-state index contributed by atoms with van der Waals surface area (Å²) in [7, 11) is 0. The summed E-state index contributed by atoms with van der Waals surface area (Å²) in [5.41, 5.74) is 5.83. The molecule has 8 heteroatoms. The number of hydrogen-bond donors (Lipinski definition) is 2. The summed E-state index contributed by atoms with van der Waals surface area (Å²) in [4.78, 5) is 16.7. The van der Waals surface area contributed by atoms with Gasteiger partial charge in [-0.1, -0.05) is 20.8 Å². The molecule has 1 rings (SSSR count). The molecule has 136 valence electrons. The Morgan fingerprint density at radius 1 is 1.09 bits per heavy atom. The molecule has 0 aromatic carbocycles. The van der Waals surface area contributed by atoms with Crippen molar-refractivity contribution in [3.8, 4) is 0 Å². The lowest BCUT2D eigenvalue weighted by Gasteiger charge is -2.37. The number of nitrogens with one attached hydrogen (secondary N) is 1. The van der Waals surface area contributed by atoms with Crippen LogP contribution < -0.4 is 11.1 Å². The smallest absolute Gasteiger partial charge is 0.237 e. The summed E-state index contributed by atoms with van der Waals surface area (Å²) in [6.07, 6.45) is 0. The third-order valence-electron chi connectivity index (χ3n) is 4.07. The van der Waals surface area contributed by atoms with Gasteiger partial charge in [0.25, 0.3) is 0 Å². The van der Waals surface area contributed by atoms with Crippen molar-refractivity contribution in [2.24, 2.45) is 11.7 Å². The molecule has 0 aliphatic carbocycles. The van der Waals surface area contributed by atoms with Gasteiger partial charge in [0.2, 0.25) is 5.91 Å². The van der Waals surface area contributed by atoms with E-state index in [4.69, 9.17) is 5.73 Å². The summed E-state index contributed by atoms with van der Waals surface area (Å²) >= 11 is 0. The molecule has 0 bridgehead atoms. The first-order valence-electron chi connectivity index (χ1n) is 7.45. The number of rotatable bonds is 6. The summed E-state index contributed by atoms with van der Waals surface area (Å²) in [6, 6.07) is -0.0218. The molecule has 5 nitrogen and oxygen atoms in total. The number of hydrogen-bond acceptors (Lipinski definition) is 4. The zero-order valence-electron chi connectivity index (χ0n) is 14.1. The summed E-state index contributed by atoms with van der Waals surface area (Å²) in [6.45, 7) is 14.5. The average Bonchev–Trinajstić information content (AvgIpc) is 2.43. The highest BCUT2D eigenvalue weighted by atomic mass is 35.5. The Morgan fingerprint density at radius 2 is 1.59 bits per heavy atom. The molecule has 1 fully saturated rings. The second-order valence-corrected chi connectivity index (χ2v) is 5.83. The molecule has 0 saturated carbocycles. The molecule has 0 radical (unpaired) electrons. The molecule has 3 N–H and O–H groups in total. The minimum absolute atomic E-state index is 0. The molecule has 0 spiro atoms. The Hall–Kier alpha value is 0.220. The van der Waals surface area contributed by atoms with E-state index in [1.165, 1.54) is 0 Å². The first-order chi connectivity index (χ1) is 8.95. The Balaban J connectivity index is -0.00000120.